The Balaban J connectivity index is 1.57. The van der Waals surface area contributed by atoms with Crippen LogP contribution >= 0.6 is 23.2 Å². The van der Waals surface area contributed by atoms with Gasteiger partial charge in [-0.2, -0.15) is 0 Å². The summed E-state index contributed by atoms with van der Waals surface area (Å²) in [6.07, 6.45) is 1.75. The second-order valence-electron chi connectivity index (χ2n) is 6.09. The number of nitrogens with zero attached hydrogens (tertiary/aromatic N) is 1. The van der Waals surface area contributed by atoms with E-state index in [9.17, 15) is 4.79 Å². The SMILES string of the molecule is CC(Oc1ccc(Cl)cc1Cl)C(=O)NC1CN2CCC1CC2. The summed E-state index contributed by atoms with van der Waals surface area (Å²) in [5.41, 5.74) is 0. The van der Waals surface area contributed by atoms with E-state index in [1.807, 2.05) is 0 Å². The molecule has 3 aliphatic rings. The van der Waals surface area contributed by atoms with Gasteiger partial charge in [-0.1, -0.05) is 23.2 Å². The molecule has 0 saturated carbocycles. The zero-order valence-corrected chi connectivity index (χ0v) is 14.0. The lowest BCUT2D eigenvalue weighted by Gasteiger charge is -2.45. The fourth-order valence-electron chi connectivity index (χ4n) is 3.24. The van der Waals surface area contributed by atoms with Crippen molar-refractivity contribution in [3.63, 3.8) is 0 Å². The molecule has 3 saturated heterocycles. The minimum absolute atomic E-state index is 0.0928. The Kier molecular flexibility index (Phi) is 4.81. The number of nitrogens with one attached hydrogen (secondary N) is 1. The van der Waals surface area contributed by atoms with E-state index in [-0.39, 0.29) is 11.9 Å². The molecular weight excluding hydrogens is 323 g/mol. The van der Waals surface area contributed by atoms with Crippen LogP contribution in [0.4, 0.5) is 0 Å². The maximum atomic E-state index is 12.3. The van der Waals surface area contributed by atoms with Gasteiger partial charge in [-0.25, -0.2) is 0 Å². The quantitative estimate of drug-likeness (QED) is 0.914. The van der Waals surface area contributed by atoms with Gasteiger partial charge in [0.05, 0.1) is 5.02 Å². The summed E-state index contributed by atoms with van der Waals surface area (Å²) in [5, 5.41) is 4.08. The molecular formula is C16H20Cl2N2O2. The van der Waals surface area contributed by atoms with E-state index in [4.69, 9.17) is 27.9 Å². The summed E-state index contributed by atoms with van der Waals surface area (Å²) in [5.74, 6) is 0.979. The highest BCUT2D eigenvalue weighted by atomic mass is 35.5. The second kappa shape index (κ2) is 6.65. The summed E-state index contributed by atoms with van der Waals surface area (Å²) in [6, 6.07) is 5.22. The molecule has 120 valence electrons. The van der Waals surface area contributed by atoms with Crippen molar-refractivity contribution >= 4 is 29.1 Å². The molecule has 0 radical (unpaired) electrons. The summed E-state index contributed by atoms with van der Waals surface area (Å²) in [6.45, 7) is 5.00. The molecule has 2 bridgehead atoms. The van der Waals surface area contributed by atoms with Gasteiger partial charge in [0, 0.05) is 17.6 Å². The summed E-state index contributed by atoms with van der Waals surface area (Å²) in [7, 11) is 0. The third-order valence-corrected chi connectivity index (χ3v) is 5.08. The van der Waals surface area contributed by atoms with Crippen LogP contribution in [0.1, 0.15) is 19.8 Å². The number of carbonyl (C=O) groups is 1. The topological polar surface area (TPSA) is 41.6 Å². The minimum atomic E-state index is -0.589. The van der Waals surface area contributed by atoms with E-state index in [1.54, 1.807) is 25.1 Å². The maximum Gasteiger partial charge on any atom is 0.261 e. The number of benzene rings is 1. The van der Waals surface area contributed by atoms with Gasteiger partial charge < -0.3 is 15.0 Å². The molecule has 1 aromatic carbocycles. The monoisotopic (exact) mass is 342 g/mol. The maximum absolute atomic E-state index is 12.3. The molecule has 3 aliphatic heterocycles. The van der Waals surface area contributed by atoms with Crippen molar-refractivity contribution in [3.05, 3.63) is 28.2 Å². The number of rotatable bonds is 4. The first-order chi connectivity index (χ1) is 10.5. The Hall–Kier alpha value is -0.970. The van der Waals surface area contributed by atoms with E-state index in [0.29, 0.717) is 21.7 Å². The summed E-state index contributed by atoms with van der Waals surface area (Å²) >= 11 is 11.9. The number of amides is 1. The van der Waals surface area contributed by atoms with Crippen molar-refractivity contribution in [2.75, 3.05) is 19.6 Å². The molecule has 0 aromatic heterocycles. The third kappa shape index (κ3) is 3.50. The van der Waals surface area contributed by atoms with Crippen LogP contribution < -0.4 is 10.1 Å². The van der Waals surface area contributed by atoms with Gasteiger partial charge in [-0.15, -0.1) is 0 Å². The number of fused-ring (bicyclic) bond motifs is 3. The summed E-state index contributed by atoms with van der Waals surface area (Å²) < 4.78 is 5.67. The van der Waals surface area contributed by atoms with Crippen LogP contribution in [-0.2, 0) is 4.79 Å². The van der Waals surface area contributed by atoms with Crippen molar-refractivity contribution in [2.24, 2.45) is 5.92 Å². The van der Waals surface area contributed by atoms with Crippen molar-refractivity contribution in [2.45, 2.75) is 31.9 Å². The first-order valence-electron chi connectivity index (χ1n) is 7.67. The Bertz CT molecular complexity index is 559. The van der Waals surface area contributed by atoms with Crippen LogP contribution in [0.15, 0.2) is 18.2 Å². The van der Waals surface area contributed by atoms with Gasteiger partial charge in [0.15, 0.2) is 6.10 Å². The molecule has 4 rings (SSSR count). The van der Waals surface area contributed by atoms with Gasteiger partial charge in [0.2, 0.25) is 0 Å². The van der Waals surface area contributed by atoms with Gasteiger partial charge in [0.1, 0.15) is 5.75 Å². The molecule has 2 atom stereocenters. The second-order valence-corrected chi connectivity index (χ2v) is 6.93. The van der Waals surface area contributed by atoms with Crippen LogP contribution in [0.2, 0.25) is 10.0 Å². The van der Waals surface area contributed by atoms with E-state index >= 15 is 0 Å². The molecule has 1 N–H and O–H groups in total. The number of hydrogen-bond acceptors (Lipinski definition) is 3. The molecule has 22 heavy (non-hydrogen) atoms. The van der Waals surface area contributed by atoms with Crippen LogP contribution in [0, 0.1) is 5.92 Å². The van der Waals surface area contributed by atoms with Crippen molar-refractivity contribution in [1.29, 1.82) is 0 Å². The predicted octanol–water partition coefficient (Wildman–Crippen LogP) is 2.97. The lowest BCUT2D eigenvalue weighted by molar-refractivity contribution is -0.129. The summed E-state index contributed by atoms with van der Waals surface area (Å²) in [4.78, 5) is 14.8. The zero-order chi connectivity index (χ0) is 15.7. The zero-order valence-electron chi connectivity index (χ0n) is 12.5. The first kappa shape index (κ1) is 15.9. The van der Waals surface area contributed by atoms with E-state index in [1.165, 1.54) is 12.8 Å². The number of hydrogen-bond donors (Lipinski definition) is 1. The lowest BCUT2D eigenvalue weighted by Crippen LogP contribution is -2.58. The lowest BCUT2D eigenvalue weighted by atomic mass is 9.84. The van der Waals surface area contributed by atoms with Crippen LogP contribution in [0.3, 0.4) is 0 Å². The molecule has 3 fully saturated rings. The van der Waals surface area contributed by atoms with Crippen molar-refractivity contribution in [1.82, 2.24) is 10.2 Å². The third-order valence-electron chi connectivity index (χ3n) is 4.55. The smallest absolute Gasteiger partial charge is 0.261 e. The Morgan fingerprint density at radius 1 is 1.36 bits per heavy atom. The average Bonchev–Trinajstić information content (AvgIpc) is 2.51. The Morgan fingerprint density at radius 3 is 2.68 bits per heavy atom. The van der Waals surface area contributed by atoms with Crippen molar-refractivity contribution < 1.29 is 9.53 Å². The number of carbonyl (C=O) groups excluding carboxylic acids is 1. The first-order valence-corrected chi connectivity index (χ1v) is 8.43. The van der Waals surface area contributed by atoms with Gasteiger partial charge in [-0.05, 0) is 57.0 Å². The van der Waals surface area contributed by atoms with E-state index in [0.717, 1.165) is 19.6 Å². The normalized spacial score (nSPS) is 28.2. The predicted molar refractivity (Wildman–Crippen MR) is 87.6 cm³/mol. The molecule has 1 amide bonds. The molecule has 3 heterocycles. The van der Waals surface area contributed by atoms with E-state index < -0.39 is 6.10 Å². The van der Waals surface area contributed by atoms with Crippen LogP contribution in [-0.4, -0.2) is 42.6 Å². The molecule has 2 unspecified atom stereocenters. The highest BCUT2D eigenvalue weighted by Gasteiger charge is 2.35. The number of piperidine rings is 3. The number of halogens is 2. The van der Waals surface area contributed by atoms with Crippen LogP contribution in [0.5, 0.6) is 5.75 Å². The fourth-order valence-corrected chi connectivity index (χ4v) is 3.70. The molecule has 0 spiro atoms. The molecule has 1 aromatic rings. The molecule has 0 aliphatic carbocycles. The van der Waals surface area contributed by atoms with Gasteiger partial charge in [-0.3, -0.25) is 4.79 Å². The highest BCUT2D eigenvalue weighted by molar-refractivity contribution is 6.35. The van der Waals surface area contributed by atoms with Gasteiger partial charge in [0.25, 0.3) is 5.91 Å². The van der Waals surface area contributed by atoms with Gasteiger partial charge >= 0.3 is 0 Å². The standard InChI is InChI=1S/C16H20Cl2N2O2/c1-10(22-15-3-2-12(17)8-13(15)18)16(21)19-14-9-20-6-4-11(14)5-7-20/h2-3,8,10-11,14H,4-7,9H2,1H3,(H,19,21). The fraction of sp³-hybridized carbons (Fsp3) is 0.562. The highest BCUT2D eigenvalue weighted by Crippen LogP contribution is 2.29. The largest absolute Gasteiger partial charge is 0.479 e. The van der Waals surface area contributed by atoms with Crippen LogP contribution in [0.25, 0.3) is 0 Å². The van der Waals surface area contributed by atoms with E-state index in [2.05, 4.69) is 10.2 Å². The molecule has 4 nitrogen and oxygen atoms in total. The average molecular weight is 343 g/mol. The van der Waals surface area contributed by atoms with Crippen molar-refractivity contribution in [3.8, 4) is 5.75 Å². The Morgan fingerprint density at radius 2 is 2.09 bits per heavy atom. The minimum Gasteiger partial charge on any atom is -0.479 e. The Labute approximate surface area is 140 Å². The number of ether oxygens (including phenoxy) is 1. The molecule has 6 heteroatoms.